The van der Waals surface area contributed by atoms with Crippen molar-refractivity contribution in [2.24, 2.45) is 0 Å². The van der Waals surface area contributed by atoms with Crippen LogP contribution in [0.15, 0.2) is 22.7 Å². The highest BCUT2D eigenvalue weighted by Gasteiger charge is 2.33. The summed E-state index contributed by atoms with van der Waals surface area (Å²) in [7, 11) is 0. The van der Waals surface area contributed by atoms with Gasteiger partial charge in [-0.1, -0.05) is 18.3 Å². The van der Waals surface area contributed by atoms with Crippen LogP contribution in [0.25, 0.3) is 0 Å². The van der Waals surface area contributed by atoms with E-state index >= 15 is 0 Å². The first-order chi connectivity index (χ1) is 8.67. The molecule has 6 heteroatoms. The molecule has 3 heterocycles. The summed E-state index contributed by atoms with van der Waals surface area (Å²) in [5.74, 6) is 0. The predicted octanol–water partition coefficient (Wildman–Crippen LogP) is 0.932. The monoisotopic (exact) mass is 264 g/mol. The molecule has 0 aromatic carbocycles. The van der Waals surface area contributed by atoms with Crippen molar-refractivity contribution >= 4 is 11.3 Å². The first-order valence-corrected chi connectivity index (χ1v) is 6.93. The van der Waals surface area contributed by atoms with Gasteiger partial charge in [-0.05, 0) is 13.0 Å². The Morgan fingerprint density at radius 2 is 2.50 bits per heavy atom. The van der Waals surface area contributed by atoms with Crippen LogP contribution in [0.2, 0.25) is 0 Å². The van der Waals surface area contributed by atoms with Gasteiger partial charge in [-0.15, -0.1) is 0 Å². The molecular weight excluding hydrogens is 248 g/mol. The van der Waals surface area contributed by atoms with Gasteiger partial charge < -0.3 is 14.9 Å². The normalized spacial score (nSPS) is 23.6. The third-order valence-electron chi connectivity index (χ3n) is 3.61. The van der Waals surface area contributed by atoms with Gasteiger partial charge in [0.25, 0.3) is 0 Å². The zero-order valence-corrected chi connectivity index (χ0v) is 11.1. The van der Waals surface area contributed by atoms with Crippen LogP contribution >= 0.6 is 11.3 Å². The average Bonchev–Trinajstić information content (AvgIpc) is 3.02. The highest BCUT2D eigenvalue weighted by atomic mass is 32.1. The summed E-state index contributed by atoms with van der Waals surface area (Å²) >= 11 is 1.21. The number of nitrogens with one attached hydrogen (secondary N) is 2. The molecule has 0 aliphatic carbocycles. The number of hydrogen-bond acceptors (Lipinski definition) is 4. The fraction of sp³-hybridized carbons (Fsp3) is 0.500. The first-order valence-electron chi connectivity index (χ1n) is 6.05. The second-order valence-electron chi connectivity index (χ2n) is 5.07. The van der Waals surface area contributed by atoms with Crippen LogP contribution in [0.1, 0.15) is 24.7 Å². The van der Waals surface area contributed by atoms with Gasteiger partial charge in [0.2, 0.25) is 0 Å². The van der Waals surface area contributed by atoms with Crippen molar-refractivity contribution in [1.82, 2.24) is 19.9 Å². The molecule has 0 spiro atoms. The maximum absolute atomic E-state index is 11.2. The Balaban J connectivity index is 1.89. The Hall–Kier alpha value is -1.40. The fourth-order valence-corrected chi connectivity index (χ4v) is 3.13. The average molecular weight is 264 g/mol. The number of rotatable bonds is 3. The summed E-state index contributed by atoms with van der Waals surface area (Å²) in [6, 6.07) is 0. The molecule has 0 amide bonds. The van der Waals surface area contributed by atoms with E-state index in [1.165, 1.54) is 17.0 Å². The summed E-state index contributed by atoms with van der Waals surface area (Å²) in [5.41, 5.74) is 2.32. The molecule has 1 atom stereocenters. The maximum Gasteiger partial charge on any atom is 0.304 e. The number of thiazole rings is 1. The van der Waals surface area contributed by atoms with Crippen LogP contribution in [0.4, 0.5) is 0 Å². The largest absolute Gasteiger partial charge is 0.328 e. The van der Waals surface area contributed by atoms with Gasteiger partial charge in [0.15, 0.2) is 0 Å². The lowest BCUT2D eigenvalue weighted by atomic mass is 9.86. The molecule has 1 saturated heterocycles. The standard InChI is InChI=1S/C12H16N4OS/c1-12(2-3-13-7-12)10-4-14-8-16(10)5-9-6-18-11(17)15-9/h4,6,8,13H,2-3,5,7H2,1H3,(H,15,17). The zero-order valence-electron chi connectivity index (χ0n) is 10.3. The Bertz CT molecular complexity index is 591. The molecule has 1 fully saturated rings. The van der Waals surface area contributed by atoms with E-state index in [9.17, 15) is 4.79 Å². The van der Waals surface area contributed by atoms with Crippen LogP contribution in [0.3, 0.4) is 0 Å². The minimum absolute atomic E-state index is 0.000380. The summed E-state index contributed by atoms with van der Waals surface area (Å²) in [6.45, 7) is 4.98. The van der Waals surface area contributed by atoms with Crippen molar-refractivity contribution in [2.45, 2.75) is 25.3 Å². The first kappa shape index (κ1) is 11.7. The molecule has 0 bridgehead atoms. The molecule has 0 radical (unpaired) electrons. The number of H-pyrrole nitrogens is 1. The third kappa shape index (κ3) is 2.02. The molecule has 2 N–H and O–H groups in total. The lowest BCUT2D eigenvalue weighted by molar-refractivity contribution is 0.480. The third-order valence-corrected chi connectivity index (χ3v) is 4.33. The molecule has 96 valence electrons. The van der Waals surface area contributed by atoms with Gasteiger partial charge >= 0.3 is 4.87 Å². The SMILES string of the molecule is CC1(c2cncn2Cc2csc(=O)[nH]2)CCNC1. The van der Waals surface area contributed by atoms with E-state index in [1.807, 2.05) is 17.9 Å². The van der Waals surface area contributed by atoms with Gasteiger partial charge in [-0.3, -0.25) is 4.79 Å². The molecule has 5 nitrogen and oxygen atoms in total. The van der Waals surface area contributed by atoms with E-state index in [-0.39, 0.29) is 10.3 Å². The van der Waals surface area contributed by atoms with Crippen molar-refractivity contribution < 1.29 is 0 Å². The Labute approximate surface area is 109 Å². The molecule has 2 aromatic rings. The van der Waals surface area contributed by atoms with Crippen molar-refractivity contribution in [2.75, 3.05) is 13.1 Å². The van der Waals surface area contributed by atoms with Gasteiger partial charge in [-0.25, -0.2) is 4.98 Å². The van der Waals surface area contributed by atoms with E-state index in [4.69, 9.17) is 0 Å². The number of aromatic amines is 1. The minimum Gasteiger partial charge on any atom is -0.328 e. The number of nitrogens with zero attached hydrogens (tertiary/aromatic N) is 2. The van der Waals surface area contributed by atoms with Crippen molar-refractivity contribution in [3.05, 3.63) is 39.0 Å². The predicted molar refractivity (Wildman–Crippen MR) is 71.1 cm³/mol. The van der Waals surface area contributed by atoms with Crippen LogP contribution in [0, 0.1) is 0 Å². The minimum atomic E-state index is 0.000380. The van der Waals surface area contributed by atoms with Crippen LogP contribution < -0.4 is 10.2 Å². The van der Waals surface area contributed by atoms with E-state index in [1.54, 1.807) is 0 Å². The van der Waals surface area contributed by atoms with Crippen molar-refractivity contribution in [1.29, 1.82) is 0 Å². The van der Waals surface area contributed by atoms with Gasteiger partial charge in [-0.2, -0.15) is 0 Å². The highest BCUT2D eigenvalue weighted by molar-refractivity contribution is 7.07. The summed E-state index contributed by atoms with van der Waals surface area (Å²) in [5, 5.41) is 5.28. The van der Waals surface area contributed by atoms with E-state index < -0.39 is 0 Å². The molecule has 1 aliphatic heterocycles. The van der Waals surface area contributed by atoms with E-state index in [0.717, 1.165) is 25.2 Å². The van der Waals surface area contributed by atoms with Crippen LogP contribution in [-0.4, -0.2) is 27.6 Å². The number of aromatic nitrogens is 3. The lowest BCUT2D eigenvalue weighted by Gasteiger charge is -2.24. The Kier molecular flexibility index (Phi) is 2.83. The fourth-order valence-electron chi connectivity index (χ4n) is 2.56. The Morgan fingerprint density at radius 3 is 3.17 bits per heavy atom. The van der Waals surface area contributed by atoms with Crippen LogP contribution in [0.5, 0.6) is 0 Å². The molecular formula is C12H16N4OS. The molecule has 3 rings (SSSR count). The van der Waals surface area contributed by atoms with E-state index in [0.29, 0.717) is 6.54 Å². The smallest absolute Gasteiger partial charge is 0.304 e. The second kappa shape index (κ2) is 4.37. The van der Waals surface area contributed by atoms with Gasteiger partial charge in [0, 0.05) is 34.9 Å². The van der Waals surface area contributed by atoms with Gasteiger partial charge in [0.1, 0.15) is 0 Å². The van der Waals surface area contributed by atoms with Crippen molar-refractivity contribution in [3.63, 3.8) is 0 Å². The summed E-state index contributed by atoms with van der Waals surface area (Å²) in [4.78, 5) is 18.3. The molecule has 1 aliphatic rings. The molecule has 0 saturated carbocycles. The van der Waals surface area contributed by atoms with E-state index in [2.05, 4.69) is 26.8 Å². The Morgan fingerprint density at radius 1 is 1.61 bits per heavy atom. The summed E-state index contributed by atoms with van der Waals surface area (Å²) in [6.07, 6.45) is 4.91. The lowest BCUT2D eigenvalue weighted by Crippen LogP contribution is -2.28. The quantitative estimate of drug-likeness (QED) is 0.867. The number of imidazole rings is 1. The second-order valence-corrected chi connectivity index (χ2v) is 5.91. The van der Waals surface area contributed by atoms with Crippen molar-refractivity contribution in [3.8, 4) is 0 Å². The topological polar surface area (TPSA) is 62.7 Å². The maximum atomic E-state index is 11.2. The molecule has 2 aromatic heterocycles. The highest BCUT2D eigenvalue weighted by Crippen LogP contribution is 2.29. The molecule has 1 unspecified atom stereocenters. The number of hydrogen-bond donors (Lipinski definition) is 2. The summed E-state index contributed by atoms with van der Waals surface area (Å²) < 4.78 is 2.13. The van der Waals surface area contributed by atoms with Gasteiger partial charge in [0.05, 0.1) is 12.9 Å². The van der Waals surface area contributed by atoms with Crippen LogP contribution in [-0.2, 0) is 12.0 Å². The zero-order chi connectivity index (χ0) is 12.6. The molecule has 18 heavy (non-hydrogen) atoms.